The Morgan fingerprint density at radius 2 is 1.97 bits per heavy atom. The molecule has 0 radical (unpaired) electrons. The van der Waals surface area contributed by atoms with Crippen molar-refractivity contribution in [3.05, 3.63) is 53.5 Å². The smallest absolute Gasteiger partial charge is 0.154 e. The van der Waals surface area contributed by atoms with E-state index in [1.165, 1.54) is 11.6 Å². The van der Waals surface area contributed by atoms with Gasteiger partial charge in [-0.15, -0.1) is 0 Å². The molecule has 0 aliphatic carbocycles. The van der Waals surface area contributed by atoms with E-state index in [0.717, 1.165) is 24.8 Å². The highest BCUT2D eigenvalue weighted by atomic mass is 19.1. The van der Waals surface area contributed by atoms with Gasteiger partial charge in [0.05, 0.1) is 18.5 Å². The summed E-state index contributed by atoms with van der Waals surface area (Å²) in [5.74, 6) is 0.515. The lowest BCUT2D eigenvalue weighted by atomic mass is 9.99. The van der Waals surface area contributed by atoms with Crippen LogP contribution in [0.5, 0.6) is 11.5 Å². The van der Waals surface area contributed by atoms with Gasteiger partial charge < -0.3 is 14.7 Å². The minimum Gasteiger partial charge on any atom is -0.505 e. The normalized spacial score (nSPS) is 10.7. The molecule has 0 amide bonds. The number of ether oxygens (including phenoxy) is 1. The van der Waals surface area contributed by atoms with Gasteiger partial charge in [-0.05, 0) is 58.8 Å². The van der Waals surface area contributed by atoms with E-state index in [1.54, 1.807) is 26.3 Å². The number of hydrogen-bond donors (Lipinski definition) is 1. The third-order valence-electron chi connectivity index (χ3n) is 4.61. The maximum Gasteiger partial charge on any atom is 0.154 e. The van der Waals surface area contributed by atoms with Crippen LogP contribution >= 0.6 is 0 Å². The van der Waals surface area contributed by atoms with E-state index in [-0.39, 0.29) is 17.1 Å². The number of phenols is 1. The van der Waals surface area contributed by atoms with Gasteiger partial charge in [0.15, 0.2) is 12.0 Å². The molecule has 0 atom stereocenters. The van der Waals surface area contributed by atoms with Gasteiger partial charge in [0.25, 0.3) is 0 Å². The highest BCUT2D eigenvalue weighted by Crippen LogP contribution is 2.38. The number of phenolic OH excluding ortho intramolecular Hbond substituents is 1. The Hall–Kier alpha value is -2.73. The van der Waals surface area contributed by atoms with Crippen LogP contribution in [0.4, 0.5) is 4.39 Å². The Balaban J connectivity index is 0.000000578. The molecule has 0 spiro atoms. The number of halogens is 1. The van der Waals surface area contributed by atoms with Crippen LogP contribution in [0.15, 0.2) is 42.4 Å². The molecule has 0 unspecified atom stereocenters. The van der Waals surface area contributed by atoms with Crippen LogP contribution in [0, 0.1) is 0 Å². The van der Waals surface area contributed by atoms with Crippen LogP contribution in [0.1, 0.15) is 62.9 Å². The summed E-state index contributed by atoms with van der Waals surface area (Å²) in [5.41, 5.74) is 2.54. The summed E-state index contributed by atoms with van der Waals surface area (Å²) < 4.78 is 18.0. The van der Waals surface area contributed by atoms with Crippen LogP contribution in [-0.2, 0) is 6.42 Å². The molecular formula is C26H39FN2O3. The monoisotopic (exact) mass is 446 g/mol. The van der Waals surface area contributed by atoms with E-state index in [9.17, 15) is 14.3 Å². The van der Waals surface area contributed by atoms with E-state index < -0.39 is 0 Å². The quantitative estimate of drug-likeness (QED) is 0.352. The molecule has 0 aliphatic rings. The van der Waals surface area contributed by atoms with E-state index in [1.807, 2.05) is 40.9 Å². The maximum atomic E-state index is 12.7. The van der Waals surface area contributed by atoms with Gasteiger partial charge in [0, 0.05) is 23.7 Å². The number of fused-ring (bicyclic) bond motifs is 1. The first kappa shape index (κ1) is 29.3. The molecule has 178 valence electrons. The Labute approximate surface area is 192 Å². The first-order valence-corrected chi connectivity index (χ1v) is 11.0. The first-order valence-electron chi connectivity index (χ1n) is 11.0. The molecule has 1 aromatic carbocycles. The van der Waals surface area contributed by atoms with E-state index >= 15 is 0 Å². The minimum atomic E-state index is -0.0757. The molecule has 0 bridgehead atoms. The lowest BCUT2D eigenvalue weighted by Gasteiger charge is -2.14. The second-order valence-corrected chi connectivity index (χ2v) is 7.22. The topological polar surface area (TPSA) is 62.7 Å². The highest BCUT2D eigenvalue weighted by molar-refractivity contribution is 5.99. The highest BCUT2D eigenvalue weighted by Gasteiger charge is 2.18. The molecule has 6 heteroatoms. The molecule has 0 saturated carbocycles. The number of aromatic nitrogens is 1. The van der Waals surface area contributed by atoms with Gasteiger partial charge in [-0.25, -0.2) is 4.39 Å². The average Bonchev–Trinajstić information content (AvgIpc) is 2.80. The standard InChI is InChI=1S/C13H13NO3.C11H20FN.C2H6/c1-3-8-10(7-15)12(16)11-9(13(8)17-2)5-4-6-14-11;1-5-11(12)8-6-7-10(2)9-13(3)4;1-2/h4-7,16H,3H2,1-2H3;5H,2,6-9H2,1,3-4H3;1-2H3/b;11-5+;. The van der Waals surface area contributed by atoms with Crippen molar-refractivity contribution in [1.29, 1.82) is 0 Å². The third-order valence-corrected chi connectivity index (χ3v) is 4.61. The van der Waals surface area contributed by atoms with E-state index in [4.69, 9.17) is 4.74 Å². The van der Waals surface area contributed by atoms with Gasteiger partial charge in [0.1, 0.15) is 11.3 Å². The number of aromatic hydroxyl groups is 1. The van der Waals surface area contributed by atoms with Crippen molar-refractivity contribution in [3.63, 3.8) is 0 Å². The SMILES string of the molecule is C=C(CCC/C(F)=C\C)CN(C)C.CC.CCc1c(C=O)c(O)c2ncccc2c1OC. The second kappa shape index (κ2) is 16.0. The number of pyridine rings is 1. The van der Waals surface area contributed by atoms with Crippen LogP contribution < -0.4 is 4.74 Å². The lowest BCUT2D eigenvalue weighted by Crippen LogP contribution is -2.14. The van der Waals surface area contributed by atoms with Crippen molar-refractivity contribution in [2.75, 3.05) is 27.7 Å². The van der Waals surface area contributed by atoms with Gasteiger partial charge in [-0.3, -0.25) is 9.78 Å². The van der Waals surface area contributed by atoms with Gasteiger partial charge in [-0.2, -0.15) is 0 Å². The summed E-state index contributed by atoms with van der Waals surface area (Å²) in [6, 6.07) is 3.58. The molecular weight excluding hydrogens is 407 g/mol. The lowest BCUT2D eigenvalue weighted by molar-refractivity contribution is 0.112. The Bertz CT molecular complexity index is 892. The van der Waals surface area contributed by atoms with Gasteiger partial charge in [-0.1, -0.05) is 39.0 Å². The predicted octanol–water partition coefficient (Wildman–Crippen LogP) is 6.50. The largest absolute Gasteiger partial charge is 0.505 e. The van der Waals surface area contributed by atoms with Crippen molar-refractivity contribution in [1.82, 2.24) is 9.88 Å². The molecule has 32 heavy (non-hydrogen) atoms. The molecule has 2 aromatic rings. The summed E-state index contributed by atoms with van der Waals surface area (Å²) in [5, 5.41) is 10.7. The average molecular weight is 447 g/mol. The van der Waals surface area contributed by atoms with Crippen LogP contribution in [0.2, 0.25) is 0 Å². The number of benzene rings is 1. The number of rotatable bonds is 9. The number of aldehydes is 1. The molecule has 1 aromatic heterocycles. The Morgan fingerprint density at radius 1 is 1.31 bits per heavy atom. The fourth-order valence-electron chi connectivity index (χ4n) is 3.22. The van der Waals surface area contributed by atoms with E-state index in [2.05, 4.69) is 16.5 Å². The second-order valence-electron chi connectivity index (χ2n) is 7.22. The third kappa shape index (κ3) is 8.79. The van der Waals surface area contributed by atoms with Crippen LogP contribution in [0.3, 0.4) is 0 Å². The van der Waals surface area contributed by atoms with Crippen molar-refractivity contribution < 1.29 is 19.0 Å². The zero-order valence-electron chi connectivity index (χ0n) is 20.7. The molecule has 1 N–H and O–H groups in total. The number of carbonyl (C=O) groups excluding carboxylic acids is 1. The van der Waals surface area contributed by atoms with E-state index in [0.29, 0.717) is 36.0 Å². The summed E-state index contributed by atoms with van der Waals surface area (Å²) in [6.45, 7) is 12.5. The fraction of sp³-hybridized carbons (Fsp3) is 0.462. The van der Waals surface area contributed by atoms with Crippen molar-refractivity contribution in [2.24, 2.45) is 0 Å². The summed E-state index contributed by atoms with van der Waals surface area (Å²) >= 11 is 0. The Kier molecular flexibility index (Phi) is 14.6. The maximum absolute atomic E-state index is 12.7. The molecule has 0 aliphatic heterocycles. The first-order chi connectivity index (χ1) is 15.3. The van der Waals surface area contributed by atoms with Gasteiger partial charge in [0.2, 0.25) is 0 Å². The van der Waals surface area contributed by atoms with Crippen molar-refractivity contribution >= 4 is 17.2 Å². The minimum absolute atomic E-state index is 0.0161. The number of carbonyl (C=O) groups is 1. The van der Waals surface area contributed by atoms with Gasteiger partial charge >= 0.3 is 0 Å². The molecule has 0 saturated heterocycles. The van der Waals surface area contributed by atoms with Crippen LogP contribution in [0.25, 0.3) is 10.9 Å². The molecule has 1 heterocycles. The molecule has 0 fully saturated rings. The molecule has 5 nitrogen and oxygen atoms in total. The van der Waals surface area contributed by atoms with Crippen LogP contribution in [-0.4, -0.2) is 49.0 Å². The summed E-state index contributed by atoms with van der Waals surface area (Å²) in [7, 11) is 5.57. The van der Waals surface area contributed by atoms with Crippen molar-refractivity contribution in [3.8, 4) is 11.5 Å². The Morgan fingerprint density at radius 3 is 2.47 bits per heavy atom. The fourth-order valence-corrected chi connectivity index (χ4v) is 3.22. The predicted molar refractivity (Wildman–Crippen MR) is 132 cm³/mol. The zero-order chi connectivity index (χ0) is 24.7. The number of likely N-dealkylation sites (N-methyl/N-ethyl adjacent to an activating group) is 1. The number of methoxy groups -OCH3 is 1. The number of allylic oxidation sites excluding steroid dienone is 2. The number of hydrogen-bond acceptors (Lipinski definition) is 5. The summed E-state index contributed by atoms with van der Waals surface area (Å²) in [6.07, 6.45) is 6.67. The zero-order valence-corrected chi connectivity index (χ0v) is 20.7. The summed E-state index contributed by atoms with van der Waals surface area (Å²) in [4.78, 5) is 17.2. The number of nitrogens with zero attached hydrogens (tertiary/aromatic N) is 2. The molecule has 2 rings (SSSR count). The van der Waals surface area contributed by atoms with Crippen molar-refractivity contribution in [2.45, 2.75) is 53.4 Å².